The normalized spacial score (nSPS) is 12.1. The predicted octanol–water partition coefficient (Wildman–Crippen LogP) is 6.88. The first-order chi connectivity index (χ1) is 18.9. The summed E-state index contributed by atoms with van der Waals surface area (Å²) in [5.74, 6) is -7.41. The van der Waals surface area contributed by atoms with Crippen LogP contribution in [0.5, 0.6) is 11.5 Å². The zero-order valence-corrected chi connectivity index (χ0v) is 22.9. The monoisotopic (exact) mass is 785 g/mol. The summed E-state index contributed by atoms with van der Waals surface area (Å²) in [5, 5.41) is 0. The van der Waals surface area contributed by atoms with E-state index in [1.165, 1.54) is 13.8 Å². The third-order valence-corrected chi connectivity index (χ3v) is 5.35. The van der Waals surface area contributed by atoms with Crippen molar-refractivity contribution in [2.75, 3.05) is 0 Å². The Labute approximate surface area is 244 Å². The topological polar surface area (TPSA) is 70.0 Å². The second-order valence-electron chi connectivity index (χ2n) is 8.65. The molecule has 0 radical (unpaired) electrons. The van der Waals surface area contributed by atoms with Crippen LogP contribution in [0.25, 0.3) is 22.5 Å². The summed E-state index contributed by atoms with van der Waals surface area (Å²) in [6.45, 7) is 2.51. The molecule has 0 aliphatic carbocycles. The van der Waals surface area contributed by atoms with Crippen LogP contribution in [0.4, 0.5) is 43.9 Å². The van der Waals surface area contributed by atoms with E-state index < -0.39 is 75.9 Å². The molecule has 0 unspecified atom stereocenters. The minimum atomic E-state index is -5.24. The molecule has 4 heterocycles. The molecule has 0 aromatic carbocycles. The number of aromatic nitrogens is 4. The van der Waals surface area contributed by atoms with Gasteiger partial charge in [0.2, 0.25) is 0 Å². The number of hydrogen-bond donors (Lipinski definition) is 0. The van der Waals surface area contributed by atoms with E-state index in [2.05, 4.69) is 41.5 Å². The molecular weight excluding hydrogens is 773 g/mol. The van der Waals surface area contributed by atoms with Crippen LogP contribution in [-0.2, 0) is 26.5 Å². The number of rotatable bonds is 6. The van der Waals surface area contributed by atoms with Gasteiger partial charge in [0.25, 0.3) is 0 Å². The molecule has 0 fully saturated rings. The Hall–Kier alpha value is -3.81. The van der Waals surface area contributed by atoms with E-state index in [0.717, 1.165) is 12.1 Å². The molecule has 0 atom stereocenters. The Morgan fingerprint density at radius 2 is 0.952 bits per heavy atom. The van der Waals surface area contributed by atoms with Gasteiger partial charge < -0.3 is 9.47 Å². The number of hydrogen-bond acceptors (Lipinski definition) is 6. The van der Waals surface area contributed by atoms with Gasteiger partial charge in [0.1, 0.15) is 35.3 Å². The van der Waals surface area contributed by atoms with E-state index in [-0.39, 0.29) is 32.5 Å². The maximum atomic E-state index is 14.4. The van der Waals surface area contributed by atoms with Gasteiger partial charge in [-0.1, -0.05) is 23.3 Å². The van der Waals surface area contributed by atoms with Gasteiger partial charge in [0, 0.05) is 28.9 Å². The molecule has 224 valence electrons. The molecule has 0 saturated carbocycles. The minimum Gasteiger partial charge on any atom is -0.407 e. The van der Waals surface area contributed by atoms with Crippen LogP contribution in [0.15, 0.2) is 36.4 Å². The average Bonchev–Trinajstić information content (AvgIpc) is 2.81. The summed E-state index contributed by atoms with van der Waals surface area (Å²) in [5.41, 5.74) is -4.95. The van der Waals surface area contributed by atoms with Gasteiger partial charge in [0.05, 0.1) is 0 Å². The molecule has 4 rings (SSSR count). The Bertz CT molecular complexity index is 1500. The zero-order chi connectivity index (χ0) is 30.3. The third-order valence-electron chi connectivity index (χ3n) is 5.35. The second kappa shape index (κ2) is 11.8. The van der Waals surface area contributed by atoms with Crippen molar-refractivity contribution in [3.05, 3.63) is 83.7 Å². The average molecular weight is 785 g/mol. The van der Waals surface area contributed by atoms with E-state index >= 15 is 0 Å². The Balaban J connectivity index is 0.00000484. The summed E-state index contributed by atoms with van der Waals surface area (Å²) in [4.78, 5) is 14.0. The molecule has 0 spiro atoms. The van der Waals surface area contributed by atoms with Crippen molar-refractivity contribution in [3.63, 3.8) is 0 Å². The van der Waals surface area contributed by atoms with Crippen molar-refractivity contribution < 1.29 is 74.4 Å². The quantitative estimate of drug-likeness (QED) is 0.121. The molecule has 4 aromatic heterocycles. The van der Waals surface area contributed by atoms with Crippen molar-refractivity contribution in [3.8, 4) is 34.0 Å². The van der Waals surface area contributed by atoms with Crippen molar-refractivity contribution in [2.45, 2.75) is 32.0 Å². The van der Waals surface area contributed by atoms with E-state index in [1.807, 2.05) is 0 Å². The van der Waals surface area contributed by atoms with Crippen molar-refractivity contribution in [1.82, 2.24) is 19.9 Å². The minimum absolute atomic E-state index is 0. The molecule has 17 heteroatoms. The van der Waals surface area contributed by atoms with Gasteiger partial charge in [-0.05, 0) is 37.4 Å². The largest absolute Gasteiger partial charge is 2.00 e. The number of pyridine rings is 4. The maximum Gasteiger partial charge on any atom is 2.00 e. The molecule has 0 aliphatic heterocycles. The number of ether oxygens (including phenoxy) is 2. The van der Waals surface area contributed by atoms with Gasteiger partial charge in [-0.25, -0.2) is 17.6 Å². The molecule has 6 nitrogen and oxygen atoms in total. The van der Waals surface area contributed by atoms with Crippen LogP contribution < -0.4 is 9.47 Å². The second-order valence-corrected chi connectivity index (χ2v) is 8.65. The summed E-state index contributed by atoms with van der Waals surface area (Å²) in [6.07, 6.45) is -10.5. The molecule has 0 saturated heterocycles. The number of nitrogens with zero attached hydrogens (tertiary/aromatic N) is 4. The first-order valence-corrected chi connectivity index (χ1v) is 11.0. The zero-order valence-electron chi connectivity index (χ0n) is 20.7. The molecule has 0 N–H and O–H groups in total. The van der Waals surface area contributed by atoms with Crippen LogP contribution >= 0.6 is 0 Å². The number of halogens is 10. The first-order valence-electron chi connectivity index (χ1n) is 11.0. The fourth-order valence-electron chi connectivity index (χ4n) is 3.53. The van der Waals surface area contributed by atoms with Crippen molar-refractivity contribution in [2.24, 2.45) is 0 Å². The van der Waals surface area contributed by atoms with Crippen LogP contribution in [0, 0.1) is 35.9 Å². The Morgan fingerprint density at radius 3 is 1.26 bits per heavy atom. The van der Waals surface area contributed by atoms with Crippen LogP contribution in [0.1, 0.15) is 25.2 Å². The predicted molar refractivity (Wildman–Crippen MR) is 118 cm³/mol. The van der Waals surface area contributed by atoms with E-state index in [4.69, 9.17) is 0 Å². The number of alkyl halides is 6. The van der Waals surface area contributed by atoms with Gasteiger partial charge in [-0.3, -0.25) is 19.9 Å². The van der Waals surface area contributed by atoms with Gasteiger partial charge >= 0.3 is 33.8 Å². The molecule has 0 amide bonds. The van der Waals surface area contributed by atoms with E-state index in [9.17, 15) is 43.9 Å². The summed E-state index contributed by atoms with van der Waals surface area (Å²) >= 11 is 0. The summed E-state index contributed by atoms with van der Waals surface area (Å²) < 4.78 is 142. The smallest absolute Gasteiger partial charge is 0.407 e. The molecule has 4 aromatic rings. The van der Waals surface area contributed by atoms with Gasteiger partial charge in [0.15, 0.2) is 0 Å². The Morgan fingerprint density at radius 1 is 0.595 bits per heavy atom. The third kappa shape index (κ3) is 7.72. The van der Waals surface area contributed by atoms with Gasteiger partial charge in [-0.2, -0.15) is 0 Å². The first kappa shape index (κ1) is 32.7. The fraction of sp³-hybridized carbons (Fsp3) is 0.200. The van der Waals surface area contributed by atoms with Crippen LogP contribution in [0.2, 0.25) is 0 Å². The van der Waals surface area contributed by atoms with Crippen LogP contribution in [-0.4, -0.2) is 32.7 Å². The van der Waals surface area contributed by atoms with E-state index in [1.54, 1.807) is 0 Å². The standard InChI is InChI=1S/C25H12F10N4O2.Pt/c1-23(2,17-9-11(40-24(30,31)32)7-15(36-17)13-3-5-19(26)38-21(13)28)18-10-12(41-25(33,34)35)8-16(37-18)14-4-6-20(27)39-22(14)29;/h5-10H,1-2H3;/q-2;+2. The summed E-state index contributed by atoms with van der Waals surface area (Å²) in [6, 6.07) is 8.28. The SMILES string of the molecule is CC(C)(c1cc(OC(F)(F)F)cc(-c2[c-]cc(F)nc2F)n1)c1cc(OC(F)(F)F)cc(-c2[c-]cc(F)nc2F)n1.[Pt+2]. The van der Waals surface area contributed by atoms with Crippen molar-refractivity contribution in [1.29, 1.82) is 0 Å². The van der Waals surface area contributed by atoms with Gasteiger partial charge in [-0.15, -0.1) is 38.5 Å². The van der Waals surface area contributed by atoms with Crippen molar-refractivity contribution >= 4 is 0 Å². The molecule has 42 heavy (non-hydrogen) atoms. The molecular formula is C25H12F10N4O2Pt. The maximum absolute atomic E-state index is 14.4. The molecule has 0 aliphatic rings. The summed E-state index contributed by atoms with van der Waals surface area (Å²) in [7, 11) is 0. The molecule has 0 bridgehead atoms. The Kier molecular flexibility index (Phi) is 9.20. The van der Waals surface area contributed by atoms with Crippen LogP contribution in [0.3, 0.4) is 0 Å². The van der Waals surface area contributed by atoms with E-state index in [0.29, 0.717) is 24.3 Å². The fourth-order valence-corrected chi connectivity index (χ4v) is 3.53.